The summed E-state index contributed by atoms with van der Waals surface area (Å²) in [7, 11) is 1.43. The highest BCUT2D eigenvalue weighted by Gasteiger charge is 2.39. The molecule has 0 bridgehead atoms. The maximum Gasteiger partial charge on any atom is 0.419 e. The molecule has 164 valence electrons. The second-order valence-corrected chi connectivity index (χ2v) is 10.4. The first-order valence-electron chi connectivity index (χ1n) is 9.25. The van der Waals surface area contributed by atoms with Crippen LogP contribution in [-0.2, 0) is 15.2 Å². The molecule has 6 nitrogen and oxygen atoms in total. The molecular weight excluding hydrogens is 443 g/mol. The molecule has 0 unspecified atom stereocenters. The predicted molar refractivity (Wildman–Crippen MR) is 106 cm³/mol. The molecule has 1 aliphatic rings. The lowest BCUT2D eigenvalue weighted by atomic mass is 9.78. The van der Waals surface area contributed by atoms with E-state index in [4.69, 9.17) is 10.7 Å². The number of alkyl halides is 3. The van der Waals surface area contributed by atoms with E-state index in [-0.39, 0.29) is 16.5 Å². The van der Waals surface area contributed by atoms with Crippen molar-refractivity contribution in [3.05, 3.63) is 41.2 Å². The smallest absolute Gasteiger partial charge is 0.390 e. The third-order valence-electron chi connectivity index (χ3n) is 5.30. The lowest BCUT2D eigenvalue weighted by molar-refractivity contribution is -0.139. The summed E-state index contributed by atoms with van der Waals surface area (Å²) in [5.41, 5.74) is -0.926. The fraction of sp³-hybridized carbons (Fsp3) is 0.474. The van der Waals surface area contributed by atoms with Crippen LogP contribution in [0.3, 0.4) is 0 Å². The molecular formula is C19H21ClF3N3O3S. The molecule has 0 amide bonds. The first-order valence-corrected chi connectivity index (χ1v) is 11.6. The van der Waals surface area contributed by atoms with Gasteiger partial charge in [-0.3, -0.25) is 0 Å². The number of aromatic nitrogens is 2. The van der Waals surface area contributed by atoms with Crippen LogP contribution in [0.1, 0.15) is 55.3 Å². The van der Waals surface area contributed by atoms with Crippen molar-refractivity contribution in [3.8, 4) is 0 Å². The van der Waals surface area contributed by atoms with Crippen LogP contribution in [-0.4, -0.2) is 29.1 Å². The molecule has 0 aliphatic heterocycles. The molecule has 1 aromatic heterocycles. The van der Waals surface area contributed by atoms with Gasteiger partial charge in [-0.15, -0.1) is 0 Å². The van der Waals surface area contributed by atoms with E-state index in [0.717, 1.165) is 6.20 Å². The van der Waals surface area contributed by atoms with Gasteiger partial charge in [0.05, 0.1) is 21.8 Å². The largest absolute Gasteiger partial charge is 0.419 e. The summed E-state index contributed by atoms with van der Waals surface area (Å²) in [6.07, 6.45) is -2.31. The molecule has 0 atom stereocenters. The van der Waals surface area contributed by atoms with Gasteiger partial charge in [0.15, 0.2) is 0 Å². The number of benzene rings is 1. The Labute approximate surface area is 176 Å². The van der Waals surface area contributed by atoms with Crippen LogP contribution >= 0.6 is 10.7 Å². The quantitative estimate of drug-likeness (QED) is 0.627. The van der Waals surface area contributed by atoms with Crippen LogP contribution in [0.2, 0.25) is 0 Å². The number of halogens is 4. The highest BCUT2D eigenvalue weighted by atomic mass is 35.7. The standard InChI is InChI=1S/C19H21ClF3N3O3S/c1-11-9-13(30(20,28)29)3-4-15(11)25-17-24-10-14(19(21,22)23)16(26-17)12-5-7-18(2,27)8-6-12/h3-4,9-10,12,27H,5-8H2,1-2H3,(H,24,25,26). The Bertz CT molecular complexity index is 1050. The van der Waals surface area contributed by atoms with Gasteiger partial charge in [0.1, 0.15) is 0 Å². The Morgan fingerprint density at radius 2 is 1.90 bits per heavy atom. The number of hydrogen-bond acceptors (Lipinski definition) is 6. The van der Waals surface area contributed by atoms with Crippen molar-refractivity contribution in [2.24, 2.45) is 0 Å². The number of rotatable bonds is 4. The maximum atomic E-state index is 13.5. The summed E-state index contributed by atoms with van der Waals surface area (Å²) < 4.78 is 63.4. The number of anilines is 2. The molecule has 0 radical (unpaired) electrons. The SMILES string of the molecule is Cc1cc(S(=O)(=O)Cl)ccc1Nc1ncc(C(F)(F)F)c(C2CCC(C)(O)CC2)n1. The Morgan fingerprint density at radius 3 is 2.43 bits per heavy atom. The van der Waals surface area contributed by atoms with Gasteiger partial charge in [0, 0.05) is 28.5 Å². The topological polar surface area (TPSA) is 92.2 Å². The number of aryl methyl sites for hydroxylation is 1. The minimum Gasteiger partial charge on any atom is -0.390 e. The van der Waals surface area contributed by atoms with E-state index < -0.39 is 32.3 Å². The highest BCUT2D eigenvalue weighted by molar-refractivity contribution is 8.13. The zero-order valence-corrected chi connectivity index (χ0v) is 17.9. The number of nitrogens with one attached hydrogen (secondary N) is 1. The molecule has 1 aromatic carbocycles. The maximum absolute atomic E-state index is 13.5. The Morgan fingerprint density at radius 1 is 1.27 bits per heavy atom. The highest BCUT2D eigenvalue weighted by Crippen LogP contribution is 2.42. The second-order valence-electron chi connectivity index (χ2n) is 7.80. The molecule has 1 heterocycles. The van der Waals surface area contributed by atoms with Crippen LogP contribution in [0.4, 0.5) is 24.8 Å². The fourth-order valence-electron chi connectivity index (χ4n) is 3.55. The van der Waals surface area contributed by atoms with E-state index in [0.29, 0.717) is 36.9 Å². The third kappa shape index (κ3) is 5.22. The van der Waals surface area contributed by atoms with Gasteiger partial charge in [0.2, 0.25) is 5.95 Å². The van der Waals surface area contributed by atoms with E-state index in [1.54, 1.807) is 13.8 Å². The first kappa shape index (κ1) is 22.8. The van der Waals surface area contributed by atoms with Crippen molar-refractivity contribution in [1.82, 2.24) is 9.97 Å². The van der Waals surface area contributed by atoms with Gasteiger partial charge in [-0.2, -0.15) is 13.2 Å². The molecule has 11 heteroatoms. The molecule has 30 heavy (non-hydrogen) atoms. The van der Waals surface area contributed by atoms with E-state index in [2.05, 4.69) is 15.3 Å². The zero-order chi connectivity index (χ0) is 22.3. The lowest BCUT2D eigenvalue weighted by Crippen LogP contribution is -2.30. The average molecular weight is 464 g/mol. The first-order chi connectivity index (χ1) is 13.8. The number of nitrogens with zero attached hydrogens (tertiary/aromatic N) is 2. The van der Waals surface area contributed by atoms with Crippen molar-refractivity contribution in [3.63, 3.8) is 0 Å². The summed E-state index contributed by atoms with van der Waals surface area (Å²) in [5.74, 6) is -0.477. The summed E-state index contributed by atoms with van der Waals surface area (Å²) >= 11 is 0. The zero-order valence-electron chi connectivity index (χ0n) is 16.3. The van der Waals surface area contributed by atoms with E-state index in [1.807, 2.05) is 0 Å². The molecule has 2 N–H and O–H groups in total. The van der Waals surface area contributed by atoms with Gasteiger partial charge in [0.25, 0.3) is 9.05 Å². The normalized spacial score (nSPS) is 22.7. The van der Waals surface area contributed by atoms with Crippen molar-refractivity contribution in [1.29, 1.82) is 0 Å². The van der Waals surface area contributed by atoms with Gasteiger partial charge in [-0.1, -0.05) is 0 Å². The summed E-state index contributed by atoms with van der Waals surface area (Å²) in [6.45, 7) is 3.30. The van der Waals surface area contributed by atoms with Crippen LogP contribution in [0.25, 0.3) is 0 Å². The van der Waals surface area contributed by atoms with Gasteiger partial charge >= 0.3 is 6.18 Å². The summed E-state index contributed by atoms with van der Waals surface area (Å²) in [5, 5.41) is 13.0. The minimum atomic E-state index is -4.60. The van der Waals surface area contributed by atoms with Crippen molar-refractivity contribution < 1.29 is 26.7 Å². The summed E-state index contributed by atoms with van der Waals surface area (Å²) in [4.78, 5) is 7.86. The molecule has 1 saturated carbocycles. The monoisotopic (exact) mass is 463 g/mol. The van der Waals surface area contributed by atoms with Crippen molar-refractivity contribution in [2.75, 3.05) is 5.32 Å². The Kier molecular flexibility index (Phi) is 6.05. The number of aliphatic hydroxyl groups is 1. The fourth-order valence-corrected chi connectivity index (χ4v) is 4.38. The van der Waals surface area contributed by atoms with Crippen LogP contribution in [0.5, 0.6) is 0 Å². The van der Waals surface area contributed by atoms with Gasteiger partial charge in [-0.25, -0.2) is 18.4 Å². The third-order valence-corrected chi connectivity index (χ3v) is 6.65. The Balaban J connectivity index is 1.94. The minimum absolute atomic E-state index is 0.0279. The van der Waals surface area contributed by atoms with E-state index in [1.165, 1.54) is 18.2 Å². The average Bonchev–Trinajstić information content (AvgIpc) is 2.61. The van der Waals surface area contributed by atoms with Gasteiger partial charge < -0.3 is 10.4 Å². The second kappa shape index (κ2) is 7.97. The molecule has 3 rings (SSSR count). The summed E-state index contributed by atoms with van der Waals surface area (Å²) in [6, 6.07) is 4.08. The lowest BCUT2D eigenvalue weighted by Gasteiger charge is -2.33. The molecule has 0 spiro atoms. The van der Waals surface area contributed by atoms with E-state index in [9.17, 15) is 26.7 Å². The van der Waals surface area contributed by atoms with Crippen LogP contribution in [0, 0.1) is 6.92 Å². The predicted octanol–water partition coefficient (Wildman–Crippen LogP) is 4.88. The van der Waals surface area contributed by atoms with Crippen molar-refractivity contribution in [2.45, 2.75) is 62.1 Å². The van der Waals surface area contributed by atoms with Crippen LogP contribution < -0.4 is 5.32 Å². The van der Waals surface area contributed by atoms with Crippen LogP contribution in [0.15, 0.2) is 29.3 Å². The molecule has 0 saturated heterocycles. The molecule has 1 aliphatic carbocycles. The van der Waals surface area contributed by atoms with Gasteiger partial charge in [-0.05, 0) is 63.3 Å². The van der Waals surface area contributed by atoms with E-state index >= 15 is 0 Å². The van der Waals surface area contributed by atoms with Crippen molar-refractivity contribution >= 4 is 31.4 Å². The molecule has 1 fully saturated rings. The number of hydrogen-bond donors (Lipinski definition) is 2. The Hall–Kier alpha value is -1.91. The molecule has 2 aromatic rings.